The number of nitrogens with one attached hydrogen (secondary N) is 2. The number of carbonyl (C=O) groups is 1. The van der Waals surface area contributed by atoms with Gasteiger partial charge >= 0.3 is 5.91 Å². The molecule has 192 valence electrons. The summed E-state index contributed by atoms with van der Waals surface area (Å²) in [4.78, 5) is 20.2. The standard InChI is InChI=1S/C33H28N4O2/c1-33(2,34)24-15-17-26(18-16-24)36-31(23-9-5-3-6-10-23)30-27-19-13-22(21-28(27)37-32(30)39)14-20-29(38)35-25-11-7-4-8-12-25/h3-13,15-19,21,37,39H,34H2,1-2H3,(H,35,38). The van der Waals surface area contributed by atoms with Gasteiger partial charge in [0, 0.05) is 33.7 Å². The first kappa shape index (κ1) is 25.5. The zero-order valence-electron chi connectivity index (χ0n) is 21.7. The molecule has 6 nitrogen and oxygen atoms in total. The van der Waals surface area contributed by atoms with E-state index in [0.29, 0.717) is 28.0 Å². The van der Waals surface area contributed by atoms with Crippen LogP contribution in [0.5, 0.6) is 5.88 Å². The Morgan fingerprint density at radius 1 is 0.923 bits per heavy atom. The van der Waals surface area contributed by atoms with E-state index in [2.05, 4.69) is 22.1 Å². The summed E-state index contributed by atoms with van der Waals surface area (Å²) in [7, 11) is 0. The number of H-pyrrole nitrogens is 1. The number of benzene rings is 4. The Balaban J connectivity index is 1.51. The molecule has 0 saturated heterocycles. The lowest BCUT2D eigenvalue weighted by Gasteiger charge is -2.19. The van der Waals surface area contributed by atoms with Crippen LogP contribution in [0.1, 0.15) is 36.1 Å². The van der Waals surface area contributed by atoms with Crippen molar-refractivity contribution >= 4 is 33.9 Å². The summed E-state index contributed by atoms with van der Waals surface area (Å²) in [5.74, 6) is 5.12. The topological polar surface area (TPSA) is 104 Å². The van der Waals surface area contributed by atoms with E-state index in [1.807, 2.05) is 105 Å². The van der Waals surface area contributed by atoms with Gasteiger partial charge in [0.05, 0.1) is 22.5 Å². The van der Waals surface area contributed by atoms with E-state index >= 15 is 0 Å². The van der Waals surface area contributed by atoms with E-state index in [0.717, 1.165) is 22.2 Å². The molecule has 1 heterocycles. The number of fused-ring (bicyclic) bond motifs is 1. The van der Waals surface area contributed by atoms with Gasteiger partial charge in [-0.3, -0.25) is 4.79 Å². The predicted molar refractivity (Wildman–Crippen MR) is 157 cm³/mol. The molecule has 4 aromatic carbocycles. The van der Waals surface area contributed by atoms with E-state index < -0.39 is 11.4 Å². The first-order valence-electron chi connectivity index (χ1n) is 12.5. The largest absolute Gasteiger partial charge is 0.494 e. The van der Waals surface area contributed by atoms with Crippen LogP contribution in [0.4, 0.5) is 11.4 Å². The number of hydrogen-bond acceptors (Lipinski definition) is 4. The summed E-state index contributed by atoms with van der Waals surface area (Å²) >= 11 is 0. The second-order valence-electron chi connectivity index (χ2n) is 9.77. The Kier molecular flexibility index (Phi) is 7.00. The Morgan fingerprint density at radius 3 is 2.26 bits per heavy atom. The number of aromatic amines is 1. The fraction of sp³-hybridized carbons (Fsp3) is 0.0909. The average Bonchev–Trinajstić information content (AvgIpc) is 3.26. The lowest BCUT2D eigenvalue weighted by Crippen LogP contribution is -2.28. The number of anilines is 1. The maximum Gasteiger partial charge on any atom is 0.300 e. The number of aliphatic imine (C=N–C) groups is 1. The van der Waals surface area contributed by atoms with E-state index in [-0.39, 0.29) is 5.88 Å². The maximum absolute atomic E-state index is 12.2. The molecule has 1 aromatic heterocycles. The van der Waals surface area contributed by atoms with Crippen molar-refractivity contribution in [1.29, 1.82) is 0 Å². The van der Waals surface area contributed by atoms with Gasteiger partial charge in [-0.05, 0) is 55.8 Å². The number of carbonyl (C=O) groups excluding carboxylic acids is 1. The van der Waals surface area contributed by atoms with Gasteiger partial charge in [-0.1, -0.05) is 72.7 Å². The van der Waals surface area contributed by atoms with Crippen LogP contribution in [0.3, 0.4) is 0 Å². The van der Waals surface area contributed by atoms with Gasteiger partial charge in [0.15, 0.2) is 5.88 Å². The third-order valence-corrected chi connectivity index (χ3v) is 6.27. The predicted octanol–water partition coefficient (Wildman–Crippen LogP) is 6.23. The number of nitrogens with zero attached hydrogens (tertiary/aromatic N) is 1. The normalized spacial score (nSPS) is 11.6. The Bertz CT molecular complexity index is 1720. The maximum atomic E-state index is 12.2. The summed E-state index contributed by atoms with van der Waals surface area (Å²) in [5, 5.41) is 14.5. The molecule has 0 fully saturated rings. The number of aromatic nitrogens is 1. The molecule has 0 atom stereocenters. The monoisotopic (exact) mass is 512 g/mol. The SMILES string of the molecule is CC(C)(N)c1ccc(N=C(c2ccccc2)c2c(O)[nH]c3cc(C#CC(=O)Nc4ccccc4)ccc23)cc1. The summed E-state index contributed by atoms with van der Waals surface area (Å²) in [6, 6.07) is 32.2. The van der Waals surface area contributed by atoms with Crippen LogP contribution in [-0.4, -0.2) is 21.7 Å². The van der Waals surface area contributed by atoms with Crippen molar-refractivity contribution in [3.63, 3.8) is 0 Å². The molecule has 0 bridgehead atoms. The smallest absolute Gasteiger partial charge is 0.300 e. The van der Waals surface area contributed by atoms with Gasteiger partial charge in [0.2, 0.25) is 0 Å². The molecule has 0 spiro atoms. The molecule has 0 aliphatic carbocycles. The number of nitrogens with two attached hydrogens (primary N) is 1. The van der Waals surface area contributed by atoms with Crippen molar-refractivity contribution in [2.24, 2.45) is 10.7 Å². The number of rotatable bonds is 5. The minimum absolute atomic E-state index is 0.000699. The quantitative estimate of drug-likeness (QED) is 0.166. The third kappa shape index (κ3) is 5.90. The minimum Gasteiger partial charge on any atom is -0.494 e. The molecule has 0 aliphatic rings. The second-order valence-corrected chi connectivity index (χ2v) is 9.77. The lowest BCUT2D eigenvalue weighted by molar-refractivity contribution is -0.111. The van der Waals surface area contributed by atoms with Crippen LogP contribution in [0.15, 0.2) is 108 Å². The van der Waals surface area contributed by atoms with Crippen LogP contribution < -0.4 is 11.1 Å². The molecule has 5 aromatic rings. The number of para-hydroxylation sites is 1. The molecule has 0 aliphatic heterocycles. The zero-order chi connectivity index (χ0) is 27.4. The Morgan fingerprint density at radius 2 is 1.59 bits per heavy atom. The molecule has 0 unspecified atom stereocenters. The van der Waals surface area contributed by atoms with Crippen molar-refractivity contribution in [1.82, 2.24) is 4.98 Å². The van der Waals surface area contributed by atoms with Crippen molar-refractivity contribution in [2.75, 3.05) is 5.32 Å². The lowest BCUT2D eigenvalue weighted by atomic mass is 9.95. The summed E-state index contributed by atoms with van der Waals surface area (Å²) < 4.78 is 0. The molecule has 0 radical (unpaired) electrons. The first-order valence-corrected chi connectivity index (χ1v) is 12.5. The Hall–Kier alpha value is -5.12. The highest BCUT2D eigenvalue weighted by Gasteiger charge is 2.19. The highest BCUT2D eigenvalue weighted by Crippen LogP contribution is 2.32. The zero-order valence-corrected chi connectivity index (χ0v) is 21.7. The minimum atomic E-state index is -0.456. The van der Waals surface area contributed by atoms with Crippen molar-refractivity contribution in [3.05, 3.63) is 125 Å². The molecule has 5 rings (SSSR count). The molecule has 1 amide bonds. The van der Waals surface area contributed by atoms with E-state index in [9.17, 15) is 9.90 Å². The van der Waals surface area contributed by atoms with Crippen molar-refractivity contribution < 1.29 is 9.90 Å². The summed E-state index contributed by atoms with van der Waals surface area (Å²) in [6.07, 6.45) is 0. The molecule has 39 heavy (non-hydrogen) atoms. The van der Waals surface area contributed by atoms with Gasteiger partial charge in [-0.2, -0.15) is 0 Å². The molecule has 5 N–H and O–H groups in total. The van der Waals surface area contributed by atoms with Gasteiger partial charge in [0.1, 0.15) is 0 Å². The number of aromatic hydroxyl groups is 1. The molecular weight excluding hydrogens is 484 g/mol. The molecule has 6 heteroatoms. The number of amides is 1. The van der Waals surface area contributed by atoms with E-state index in [1.54, 1.807) is 12.1 Å². The number of hydrogen-bond donors (Lipinski definition) is 4. The van der Waals surface area contributed by atoms with Crippen molar-refractivity contribution in [3.8, 4) is 17.7 Å². The van der Waals surface area contributed by atoms with Gasteiger partial charge in [0.25, 0.3) is 0 Å². The van der Waals surface area contributed by atoms with Gasteiger partial charge in [-0.15, -0.1) is 0 Å². The highest BCUT2D eigenvalue weighted by atomic mass is 16.3. The first-order chi connectivity index (χ1) is 18.8. The van der Waals surface area contributed by atoms with E-state index in [1.165, 1.54) is 0 Å². The molecule has 0 saturated carbocycles. The fourth-order valence-electron chi connectivity index (χ4n) is 4.27. The fourth-order valence-corrected chi connectivity index (χ4v) is 4.27. The van der Waals surface area contributed by atoms with Crippen molar-refractivity contribution in [2.45, 2.75) is 19.4 Å². The van der Waals surface area contributed by atoms with Gasteiger partial charge in [-0.25, -0.2) is 4.99 Å². The van der Waals surface area contributed by atoms with E-state index in [4.69, 9.17) is 10.7 Å². The van der Waals surface area contributed by atoms with Gasteiger partial charge < -0.3 is 21.1 Å². The molecular formula is C33H28N4O2. The average molecular weight is 513 g/mol. The summed E-state index contributed by atoms with van der Waals surface area (Å²) in [6.45, 7) is 3.91. The van der Waals surface area contributed by atoms with Crippen LogP contribution in [0.25, 0.3) is 10.9 Å². The van der Waals surface area contributed by atoms with Crippen LogP contribution >= 0.6 is 0 Å². The third-order valence-electron chi connectivity index (χ3n) is 6.27. The van der Waals surface area contributed by atoms with Crippen LogP contribution in [-0.2, 0) is 10.3 Å². The highest BCUT2D eigenvalue weighted by molar-refractivity contribution is 6.22. The van der Waals surface area contributed by atoms with Crippen LogP contribution in [0, 0.1) is 11.8 Å². The second kappa shape index (κ2) is 10.7. The Labute approximate surface area is 227 Å². The summed E-state index contributed by atoms with van der Waals surface area (Å²) in [5.41, 5.74) is 11.6. The van der Waals surface area contributed by atoms with Crippen LogP contribution in [0.2, 0.25) is 0 Å².